The minimum absolute atomic E-state index is 0.0785. The van der Waals surface area contributed by atoms with Gasteiger partial charge in [-0.15, -0.1) is 0 Å². The molecule has 5 N–H and O–H groups in total. The second-order valence-electron chi connectivity index (χ2n) is 6.97. The van der Waals surface area contributed by atoms with Gasteiger partial charge in [-0.2, -0.15) is 10.4 Å². The molecule has 0 aliphatic carbocycles. The normalized spacial score (nSPS) is 25.5. The van der Waals surface area contributed by atoms with Crippen LogP contribution in [-0.4, -0.2) is 68.6 Å². The number of hydrazone groups is 1. The zero-order valence-electron chi connectivity index (χ0n) is 17.0. The highest BCUT2D eigenvalue weighted by molar-refractivity contribution is 9.10. The molecule has 9 nitrogen and oxygen atoms in total. The molecule has 5 atom stereocenters. The highest BCUT2D eigenvalue weighted by Crippen LogP contribution is 2.36. The van der Waals surface area contributed by atoms with Crippen molar-refractivity contribution in [2.75, 3.05) is 6.61 Å². The van der Waals surface area contributed by atoms with Crippen LogP contribution in [0.4, 0.5) is 8.78 Å². The predicted molar refractivity (Wildman–Crippen MR) is 125 cm³/mol. The van der Waals surface area contributed by atoms with Gasteiger partial charge in [0, 0.05) is 27.3 Å². The molecule has 3 rings (SSSR count). The molecule has 0 amide bonds. The van der Waals surface area contributed by atoms with E-state index < -0.39 is 53.1 Å². The van der Waals surface area contributed by atoms with Crippen molar-refractivity contribution in [2.24, 2.45) is 15.9 Å². The fourth-order valence-electron chi connectivity index (χ4n) is 3.10. The van der Waals surface area contributed by atoms with E-state index in [2.05, 4.69) is 31.0 Å². The highest BCUT2D eigenvalue weighted by Gasteiger charge is 2.44. The first kappa shape index (κ1) is 26.4. The number of aliphatic hydroxyl groups excluding tert-OH is 3. The Morgan fingerprint density at radius 2 is 2.00 bits per heavy atom. The number of aliphatic imine (C=N–C) groups is 1. The summed E-state index contributed by atoms with van der Waals surface area (Å²) >= 11 is 9.70. The van der Waals surface area contributed by atoms with Crippen molar-refractivity contribution in [2.45, 2.75) is 34.7 Å². The van der Waals surface area contributed by atoms with Gasteiger partial charge in [0.05, 0.1) is 6.61 Å². The number of nitrogens with zero attached hydrogens (tertiary/aromatic N) is 4. The number of rotatable bonds is 6. The fraction of sp³-hybridized carbons (Fsp3) is 0.300. The van der Waals surface area contributed by atoms with Gasteiger partial charge in [0.25, 0.3) is 0 Å². The molecule has 0 spiro atoms. The second kappa shape index (κ2) is 11.5. The lowest BCUT2D eigenvalue weighted by molar-refractivity contribution is -0.159. The summed E-state index contributed by atoms with van der Waals surface area (Å²) in [5.74, 6) is 3.27. The van der Waals surface area contributed by atoms with Gasteiger partial charge in [0.1, 0.15) is 58.2 Å². The second-order valence-corrected chi connectivity index (χ2v) is 9.41. The average Bonchev–Trinajstić information content (AvgIpc) is 2.81. The Labute approximate surface area is 210 Å². The zero-order chi connectivity index (χ0) is 25.0. The van der Waals surface area contributed by atoms with E-state index in [1.807, 2.05) is 6.07 Å². The Morgan fingerprint density at radius 3 is 2.59 bits per heavy atom. The summed E-state index contributed by atoms with van der Waals surface area (Å²) in [5, 5.41) is 43.1. The zero-order valence-corrected chi connectivity index (χ0v) is 20.2. The van der Waals surface area contributed by atoms with E-state index in [1.165, 1.54) is 6.20 Å². The highest BCUT2D eigenvalue weighted by atomic mass is 79.9. The molecule has 34 heavy (non-hydrogen) atoms. The Morgan fingerprint density at radius 1 is 1.32 bits per heavy atom. The molecule has 0 saturated carbocycles. The first-order valence-electron chi connectivity index (χ1n) is 9.50. The Balaban J connectivity index is 1.90. The monoisotopic (exact) mass is 575 g/mol. The number of thioether (sulfide) groups is 1. The molecule has 1 fully saturated rings. The van der Waals surface area contributed by atoms with Gasteiger partial charge >= 0.3 is 0 Å². The van der Waals surface area contributed by atoms with Gasteiger partial charge in [-0.05, 0) is 34.1 Å². The predicted octanol–water partition coefficient (Wildman–Crippen LogP) is 1.98. The lowest BCUT2D eigenvalue weighted by Gasteiger charge is -2.40. The quantitative estimate of drug-likeness (QED) is 0.176. The molecule has 1 aliphatic rings. The van der Waals surface area contributed by atoms with Gasteiger partial charge in [-0.1, -0.05) is 23.4 Å². The summed E-state index contributed by atoms with van der Waals surface area (Å²) < 4.78 is 33.9. The van der Waals surface area contributed by atoms with Crippen molar-refractivity contribution < 1.29 is 28.8 Å². The number of aromatic nitrogens is 1. The number of nitrogens with two attached hydrogens (primary N) is 1. The molecule has 3 unspecified atom stereocenters. The van der Waals surface area contributed by atoms with Gasteiger partial charge in [-0.3, -0.25) is 4.99 Å². The number of aliphatic hydroxyl groups is 3. The molecule has 2 aromatic rings. The maximum absolute atomic E-state index is 13.8. The lowest BCUT2D eigenvalue weighted by atomic mass is 9.98. The van der Waals surface area contributed by atoms with Crippen LogP contribution in [0.2, 0.25) is 5.02 Å². The molecule has 1 aromatic heterocycles. The summed E-state index contributed by atoms with van der Waals surface area (Å²) in [6, 6.07) is 4.10. The molecule has 1 saturated heterocycles. The summed E-state index contributed by atoms with van der Waals surface area (Å²) in [6.07, 6.45) is -1.53. The van der Waals surface area contributed by atoms with E-state index in [9.17, 15) is 29.4 Å². The molecule has 14 heteroatoms. The van der Waals surface area contributed by atoms with Gasteiger partial charge < -0.3 is 25.9 Å². The van der Waals surface area contributed by atoms with E-state index in [1.54, 1.807) is 6.07 Å². The minimum atomic E-state index is -1.44. The first-order valence-corrected chi connectivity index (χ1v) is 11.6. The molecule has 0 radical (unpaired) electrons. The summed E-state index contributed by atoms with van der Waals surface area (Å²) in [7, 11) is 0. The van der Waals surface area contributed by atoms with Crippen LogP contribution in [0.25, 0.3) is 0 Å². The SMILES string of the molecule is N#Cc1ncc(Br)cc1S[C@H]1OC(CO)[C@H](O)C(N=CC(=NN)c2cc(F)c(Cl)c(F)c2)C1O. The van der Waals surface area contributed by atoms with Crippen LogP contribution in [0.15, 0.2) is 43.9 Å². The van der Waals surface area contributed by atoms with E-state index in [0.717, 1.165) is 30.1 Å². The third kappa shape index (κ3) is 5.72. The number of ether oxygens (including phenoxy) is 1. The number of nitriles is 1. The van der Waals surface area contributed by atoms with E-state index in [0.29, 0.717) is 9.37 Å². The van der Waals surface area contributed by atoms with Crippen LogP contribution in [-0.2, 0) is 4.74 Å². The topological polar surface area (TPSA) is 157 Å². The van der Waals surface area contributed by atoms with Crippen LogP contribution in [0, 0.1) is 23.0 Å². The fourth-order valence-corrected chi connectivity index (χ4v) is 4.85. The maximum Gasteiger partial charge on any atom is 0.154 e. The number of hydrogen-bond acceptors (Lipinski definition) is 10. The molecule has 1 aromatic carbocycles. The third-order valence-electron chi connectivity index (χ3n) is 4.80. The molecule has 0 bridgehead atoms. The smallest absolute Gasteiger partial charge is 0.154 e. The van der Waals surface area contributed by atoms with Crippen molar-refractivity contribution in [3.8, 4) is 6.07 Å². The molecule has 2 heterocycles. The summed E-state index contributed by atoms with van der Waals surface area (Å²) in [5.41, 5.74) is -1.21. The van der Waals surface area contributed by atoms with Gasteiger partial charge in [0.2, 0.25) is 0 Å². The van der Waals surface area contributed by atoms with Crippen LogP contribution < -0.4 is 5.84 Å². The van der Waals surface area contributed by atoms with Gasteiger partial charge in [-0.25, -0.2) is 13.8 Å². The molecular formula is C20H17BrClF2N5O4S. The Bertz CT molecular complexity index is 1150. The van der Waals surface area contributed by atoms with Crippen LogP contribution in [0.1, 0.15) is 11.3 Å². The van der Waals surface area contributed by atoms with Crippen molar-refractivity contribution in [1.82, 2.24) is 4.98 Å². The van der Waals surface area contributed by atoms with E-state index in [-0.39, 0.29) is 17.0 Å². The van der Waals surface area contributed by atoms with E-state index >= 15 is 0 Å². The van der Waals surface area contributed by atoms with Crippen LogP contribution in [0.3, 0.4) is 0 Å². The summed E-state index contributed by atoms with van der Waals surface area (Å²) in [6.45, 7) is -0.593. The maximum atomic E-state index is 13.8. The van der Waals surface area contributed by atoms with Crippen molar-refractivity contribution in [3.63, 3.8) is 0 Å². The van der Waals surface area contributed by atoms with Crippen LogP contribution in [0.5, 0.6) is 0 Å². The van der Waals surface area contributed by atoms with Crippen molar-refractivity contribution in [1.29, 1.82) is 5.26 Å². The van der Waals surface area contributed by atoms with E-state index in [4.69, 9.17) is 22.2 Å². The molecule has 1 aliphatic heterocycles. The van der Waals surface area contributed by atoms with Gasteiger partial charge in [0.15, 0.2) is 5.69 Å². The van der Waals surface area contributed by atoms with Crippen LogP contribution >= 0.6 is 39.3 Å². The number of hydrogen-bond donors (Lipinski definition) is 4. The number of halogens is 4. The number of pyridine rings is 1. The minimum Gasteiger partial charge on any atom is -0.394 e. The Kier molecular flexibility index (Phi) is 8.94. The standard InChI is InChI=1S/C20H17BrClF2N5O4S/c21-9-3-15(12(4-25)27-5-9)34-20-19(32)17(18(31)14(7-30)33-20)28-6-13(29-26)8-1-10(23)16(22)11(24)2-8/h1-3,5-6,14,17-20,30-32H,7,26H2/t14?,17?,18-,19?,20+/m0/s1. The molecule has 180 valence electrons. The van der Waals surface area contributed by atoms with Crippen molar-refractivity contribution in [3.05, 3.63) is 56.8 Å². The average molecular weight is 577 g/mol. The molecular weight excluding hydrogens is 560 g/mol. The third-order valence-corrected chi connectivity index (χ3v) is 6.79. The largest absolute Gasteiger partial charge is 0.394 e. The summed E-state index contributed by atoms with van der Waals surface area (Å²) in [4.78, 5) is 8.49. The first-order chi connectivity index (χ1) is 16.2. The Hall–Kier alpha value is -2.18. The van der Waals surface area contributed by atoms with Crippen molar-refractivity contribution >= 4 is 51.2 Å². The number of benzene rings is 1. The lowest BCUT2D eigenvalue weighted by Crippen LogP contribution is -2.56.